The van der Waals surface area contributed by atoms with Crippen molar-refractivity contribution >= 4 is 28.8 Å². The SMILES string of the molecule is Cn1nnc2cc(-n3cc(OC(=O)O)c(=O)n(Cc4cccc(Cl)c4C(F)(F)F)c3=O)ccc21. The lowest BCUT2D eigenvalue weighted by atomic mass is 10.1. The van der Waals surface area contributed by atoms with Crippen LogP contribution in [0, 0.1) is 0 Å². The Bertz CT molecular complexity index is 1560. The Morgan fingerprint density at radius 1 is 1.21 bits per heavy atom. The number of nitrogens with zero attached hydrogens (tertiary/aromatic N) is 5. The number of aromatic nitrogens is 5. The molecule has 0 spiro atoms. The van der Waals surface area contributed by atoms with Gasteiger partial charge in [0, 0.05) is 7.05 Å². The molecule has 0 aliphatic heterocycles. The lowest BCUT2D eigenvalue weighted by molar-refractivity contribution is -0.138. The van der Waals surface area contributed by atoms with Crippen molar-refractivity contribution in [3.05, 3.63) is 79.6 Å². The Kier molecular flexibility index (Phi) is 5.65. The summed E-state index contributed by atoms with van der Waals surface area (Å²) in [6, 6.07) is 7.78. The summed E-state index contributed by atoms with van der Waals surface area (Å²) in [4.78, 5) is 37.1. The lowest BCUT2D eigenvalue weighted by Crippen LogP contribution is -2.40. The molecule has 34 heavy (non-hydrogen) atoms. The van der Waals surface area contributed by atoms with E-state index in [1.165, 1.54) is 22.9 Å². The van der Waals surface area contributed by atoms with Crippen LogP contribution in [0.3, 0.4) is 0 Å². The number of aryl methyl sites for hydroxylation is 1. The van der Waals surface area contributed by atoms with Gasteiger partial charge in [-0.05, 0) is 29.8 Å². The molecule has 176 valence electrons. The number of hydrogen-bond acceptors (Lipinski definition) is 6. The Hall–Kier alpha value is -4.13. The number of carboxylic acid groups (broad SMARTS) is 1. The van der Waals surface area contributed by atoms with E-state index in [0.29, 0.717) is 15.6 Å². The summed E-state index contributed by atoms with van der Waals surface area (Å²) in [5.41, 5.74) is -2.84. The number of carbonyl (C=O) groups is 1. The van der Waals surface area contributed by atoms with Gasteiger partial charge in [-0.2, -0.15) is 13.2 Å². The molecule has 0 aliphatic rings. The van der Waals surface area contributed by atoms with Crippen molar-refractivity contribution in [1.29, 1.82) is 0 Å². The lowest BCUT2D eigenvalue weighted by Gasteiger charge is -2.17. The predicted molar refractivity (Wildman–Crippen MR) is 113 cm³/mol. The summed E-state index contributed by atoms with van der Waals surface area (Å²) in [7, 11) is 1.64. The molecule has 10 nitrogen and oxygen atoms in total. The van der Waals surface area contributed by atoms with Crippen LogP contribution < -0.4 is 16.0 Å². The van der Waals surface area contributed by atoms with Crippen LogP contribution >= 0.6 is 11.6 Å². The molecule has 0 saturated carbocycles. The van der Waals surface area contributed by atoms with Crippen LogP contribution in [-0.2, 0) is 19.8 Å². The monoisotopic (exact) mass is 495 g/mol. The van der Waals surface area contributed by atoms with Crippen LogP contribution in [0.15, 0.2) is 52.2 Å². The van der Waals surface area contributed by atoms with Gasteiger partial charge in [-0.25, -0.2) is 14.3 Å². The third-order valence-corrected chi connectivity index (χ3v) is 5.24. The molecule has 4 aromatic rings. The number of halogens is 4. The van der Waals surface area contributed by atoms with Gasteiger partial charge in [0.2, 0.25) is 5.75 Å². The molecule has 0 aliphatic carbocycles. The van der Waals surface area contributed by atoms with Crippen LogP contribution in [-0.4, -0.2) is 35.4 Å². The number of alkyl halides is 3. The second-order valence-electron chi connectivity index (χ2n) is 7.06. The van der Waals surface area contributed by atoms with Gasteiger partial charge in [-0.1, -0.05) is 28.9 Å². The van der Waals surface area contributed by atoms with Crippen molar-refractivity contribution < 1.29 is 27.8 Å². The Labute approximate surface area is 192 Å². The summed E-state index contributed by atoms with van der Waals surface area (Å²) in [5, 5.41) is 16.1. The molecule has 1 N–H and O–H groups in total. The smallest absolute Gasteiger partial charge is 0.449 e. The zero-order valence-electron chi connectivity index (χ0n) is 17.1. The van der Waals surface area contributed by atoms with E-state index in [1.807, 2.05) is 0 Å². The number of fused-ring (bicyclic) bond motifs is 1. The molecule has 2 heterocycles. The second kappa shape index (κ2) is 8.33. The minimum Gasteiger partial charge on any atom is -0.449 e. The highest BCUT2D eigenvalue weighted by Crippen LogP contribution is 2.37. The van der Waals surface area contributed by atoms with E-state index in [9.17, 15) is 27.6 Å². The van der Waals surface area contributed by atoms with Crippen LogP contribution in [0.5, 0.6) is 5.75 Å². The van der Waals surface area contributed by atoms with Crippen LogP contribution in [0.1, 0.15) is 11.1 Å². The van der Waals surface area contributed by atoms with Gasteiger partial charge in [0.05, 0.1) is 34.5 Å². The number of benzene rings is 2. The predicted octanol–water partition coefficient (Wildman–Crippen LogP) is 3.06. The van der Waals surface area contributed by atoms with Crippen molar-refractivity contribution in [2.45, 2.75) is 12.7 Å². The van der Waals surface area contributed by atoms with Crippen LogP contribution in [0.25, 0.3) is 16.7 Å². The Morgan fingerprint density at radius 3 is 2.62 bits per heavy atom. The highest BCUT2D eigenvalue weighted by atomic mass is 35.5. The van der Waals surface area contributed by atoms with Crippen LogP contribution in [0.2, 0.25) is 5.02 Å². The molecular weight excluding hydrogens is 483 g/mol. The summed E-state index contributed by atoms with van der Waals surface area (Å²) < 4.78 is 48.0. The fourth-order valence-electron chi connectivity index (χ4n) is 3.43. The fraction of sp³-hybridized carbons (Fsp3) is 0.150. The number of ether oxygens (including phenoxy) is 1. The van der Waals surface area contributed by atoms with Crippen molar-refractivity contribution in [2.75, 3.05) is 0 Å². The third-order valence-electron chi connectivity index (χ3n) is 4.92. The largest absolute Gasteiger partial charge is 0.511 e. The molecule has 0 fully saturated rings. The molecule has 0 unspecified atom stereocenters. The van der Waals surface area contributed by atoms with E-state index >= 15 is 0 Å². The van der Waals surface area contributed by atoms with Gasteiger partial charge in [0.25, 0.3) is 5.56 Å². The van der Waals surface area contributed by atoms with E-state index < -0.39 is 52.0 Å². The zero-order chi connectivity index (χ0) is 24.8. The summed E-state index contributed by atoms with van der Waals surface area (Å²) in [5.74, 6) is -0.790. The maximum Gasteiger partial charge on any atom is 0.511 e. The Balaban J connectivity index is 1.95. The average Bonchev–Trinajstić information content (AvgIpc) is 3.12. The maximum atomic E-state index is 13.6. The van der Waals surface area contributed by atoms with E-state index in [0.717, 1.165) is 22.9 Å². The van der Waals surface area contributed by atoms with Crippen molar-refractivity contribution in [3.63, 3.8) is 0 Å². The standard InChI is InChI=1S/C20H13ClF3N5O5/c1-27-14-6-5-11(7-13(14)25-26-27)28-9-15(34-19(32)33)17(30)29(18(28)31)8-10-3-2-4-12(21)16(10)20(22,23)24/h2-7,9H,8H2,1H3,(H,32,33). The van der Waals surface area contributed by atoms with Crippen molar-refractivity contribution in [2.24, 2.45) is 7.05 Å². The molecular formula is C20H13ClF3N5O5. The molecule has 2 aromatic heterocycles. The first-order valence-electron chi connectivity index (χ1n) is 9.39. The molecule has 0 saturated heterocycles. The molecule has 0 atom stereocenters. The van der Waals surface area contributed by atoms with E-state index in [2.05, 4.69) is 15.0 Å². The second-order valence-corrected chi connectivity index (χ2v) is 7.47. The molecule has 4 rings (SSSR count). The van der Waals surface area contributed by atoms with Crippen LogP contribution in [0.4, 0.5) is 18.0 Å². The van der Waals surface area contributed by atoms with E-state index in [1.54, 1.807) is 13.1 Å². The number of hydrogen-bond donors (Lipinski definition) is 1. The maximum absolute atomic E-state index is 13.6. The van der Waals surface area contributed by atoms with Gasteiger partial charge in [0.15, 0.2) is 0 Å². The minimum absolute atomic E-state index is 0.143. The fourth-order valence-corrected chi connectivity index (χ4v) is 3.73. The minimum atomic E-state index is -4.87. The first-order chi connectivity index (χ1) is 16.0. The summed E-state index contributed by atoms with van der Waals surface area (Å²) in [6.45, 7) is -0.850. The van der Waals surface area contributed by atoms with E-state index in [-0.39, 0.29) is 5.69 Å². The summed E-state index contributed by atoms with van der Waals surface area (Å²) >= 11 is 5.74. The molecule has 0 amide bonds. The molecule has 0 bridgehead atoms. The topological polar surface area (TPSA) is 121 Å². The average molecular weight is 496 g/mol. The van der Waals surface area contributed by atoms with E-state index in [4.69, 9.17) is 16.7 Å². The summed E-state index contributed by atoms with van der Waals surface area (Å²) in [6.07, 6.45) is -5.88. The van der Waals surface area contributed by atoms with Gasteiger partial charge >= 0.3 is 18.0 Å². The highest BCUT2D eigenvalue weighted by Gasteiger charge is 2.36. The Morgan fingerprint density at radius 2 is 1.94 bits per heavy atom. The molecule has 0 radical (unpaired) electrons. The zero-order valence-corrected chi connectivity index (χ0v) is 17.8. The first-order valence-corrected chi connectivity index (χ1v) is 9.77. The molecule has 14 heteroatoms. The van der Waals surface area contributed by atoms with Gasteiger partial charge in [-0.3, -0.25) is 13.9 Å². The third kappa shape index (κ3) is 4.12. The van der Waals surface area contributed by atoms with Crippen molar-refractivity contribution in [3.8, 4) is 11.4 Å². The highest BCUT2D eigenvalue weighted by molar-refractivity contribution is 6.31. The normalized spacial score (nSPS) is 11.7. The number of rotatable bonds is 4. The van der Waals surface area contributed by atoms with Gasteiger partial charge in [0.1, 0.15) is 5.52 Å². The van der Waals surface area contributed by atoms with Gasteiger partial charge in [-0.15, -0.1) is 5.10 Å². The first kappa shape index (κ1) is 23.0. The quantitative estimate of drug-likeness (QED) is 0.432. The van der Waals surface area contributed by atoms with Gasteiger partial charge < -0.3 is 9.84 Å². The molecule has 2 aromatic carbocycles. The van der Waals surface area contributed by atoms with Crippen molar-refractivity contribution in [1.82, 2.24) is 24.1 Å².